The van der Waals surface area contributed by atoms with Crippen molar-refractivity contribution in [3.63, 3.8) is 0 Å². The lowest BCUT2D eigenvalue weighted by Crippen LogP contribution is -2.22. The summed E-state index contributed by atoms with van der Waals surface area (Å²) in [6.07, 6.45) is 0.866. The highest BCUT2D eigenvalue weighted by Gasteiger charge is 2.20. The van der Waals surface area contributed by atoms with Crippen LogP contribution in [0.25, 0.3) is 10.8 Å². The van der Waals surface area contributed by atoms with Crippen molar-refractivity contribution in [1.29, 1.82) is 5.26 Å². The molecule has 1 N–H and O–H groups in total. The number of anilines is 1. The molecule has 1 atom stereocenters. The van der Waals surface area contributed by atoms with Crippen molar-refractivity contribution in [3.05, 3.63) is 41.5 Å². The molecule has 0 amide bonds. The van der Waals surface area contributed by atoms with Gasteiger partial charge in [-0.05, 0) is 29.9 Å². The number of benzene rings is 2. The van der Waals surface area contributed by atoms with Crippen molar-refractivity contribution in [1.82, 2.24) is 0 Å². The van der Waals surface area contributed by atoms with Crippen molar-refractivity contribution in [2.75, 3.05) is 11.9 Å². The van der Waals surface area contributed by atoms with E-state index < -0.39 is 0 Å². The number of aryl methyl sites for hydroxylation is 1. The van der Waals surface area contributed by atoms with Gasteiger partial charge in [0.1, 0.15) is 0 Å². The Morgan fingerprint density at radius 3 is 2.82 bits per heavy atom. The lowest BCUT2D eigenvalue weighted by atomic mass is 9.90. The molecule has 1 aliphatic heterocycles. The van der Waals surface area contributed by atoms with Crippen LogP contribution in [0.2, 0.25) is 0 Å². The van der Waals surface area contributed by atoms with Crippen LogP contribution in [0.15, 0.2) is 30.3 Å². The van der Waals surface area contributed by atoms with Gasteiger partial charge in [-0.3, -0.25) is 0 Å². The van der Waals surface area contributed by atoms with E-state index in [1.807, 2.05) is 0 Å². The molecule has 0 radical (unpaired) electrons. The third-order valence-corrected chi connectivity index (χ3v) is 3.51. The molecule has 2 nitrogen and oxygen atoms in total. The number of hydrogen-bond donors (Lipinski definition) is 1. The molecule has 0 fully saturated rings. The SMILES string of the molecule is Cc1cc2c(c3ccccc13)NCC(C#N)C2. The van der Waals surface area contributed by atoms with Gasteiger partial charge in [0.2, 0.25) is 0 Å². The third kappa shape index (κ3) is 1.55. The Balaban J connectivity index is 2.25. The molecule has 2 heteroatoms. The zero-order valence-electron chi connectivity index (χ0n) is 9.83. The van der Waals surface area contributed by atoms with E-state index in [1.54, 1.807) is 0 Å². The summed E-state index contributed by atoms with van der Waals surface area (Å²) in [6.45, 7) is 2.90. The fraction of sp³-hybridized carbons (Fsp3) is 0.267. The summed E-state index contributed by atoms with van der Waals surface area (Å²) in [6, 6.07) is 13.0. The molecule has 2 aromatic rings. The molecule has 0 saturated heterocycles. The monoisotopic (exact) mass is 222 g/mol. The zero-order chi connectivity index (χ0) is 11.8. The Hall–Kier alpha value is -2.01. The summed E-state index contributed by atoms with van der Waals surface area (Å²) >= 11 is 0. The lowest BCUT2D eigenvalue weighted by molar-refractivity contribution is 0.675. The smallest absolute Gasteiger partial charge is 0.0677 e. The minimum atomic E-state index is 0.100. The van der Waals surface area contributed by atoms with E-state index in [1.165, 1.54) is 27.6 Å². The number of hydrogen-bond acceptors (Lipinski definition) is 2. The number of fused-ring (bicyclic) bond motifs is 3. The standard InChI is InChI=1S/C15H14N2/c1-10-6-12-7-11(8-16)9-17-15(12)14-5-3-2-4-13(10)14/h2-6,11,17H,7,9H2,1H3. The average molecular weight is 222 g/mol. The van der Waals surface area contributed by atoms with Crippen LogP contribution >= 0.6 is 0 Å². The van der Waals surface area contributed by atoms with E-state index in [0.29, 0.717) is 0 Å². The molecule has 0 saturated carbocycles. The normalized spacial score (nSPS) is 18.2. The van der Waals surface area contributed by atoms with Gasteiger partial charge in [0.05, 0.1) is 12.0 Å². The second-order valence-electron chi connectivity index (χ2n) is 4.68. The Morgan fingerprint density at radius 1 is 1.29 bits per heavy atom. The van der Waals surface area contributed by atoms with Gasteiger partial charge in [0.15, 0.2) is 0 Å². The molecule has 3 rings (SSSR count). The van der Waals surface area contributed by atoms with Gasteiger partial charge in [0, 0.05) is 17.6 Å². The van der Waals surface area contributed by atoms with Gasteiger partial charge in [-0.2, -0.15) is 5.26 Å². The fourth-order valence-corrected chi connectivity index (χ4v) is 2.65. The van der Waals surface area contributed by atoms with Gasteiger partial charge in [-0.15, -0.1) is 0 Å². The van der Waals surface area contributed by atoms with Gasteiger partial charge in [-0.25, -0.2) is 0 Å². The van der Waals surface area contributed by atoms with E-state index in [2.05, 4.69) is 48.6 Å². The number of nitrogens with one attached hydrogen (secondary N) is 1. The lowest BCUT2D eigenvalue weighted by Gasteiger charge is -2.24. The first-order valence-electron chi connectivity index (χ1n) is 5.94. The molecule has 0 bridgehead atoms. The molecule has 2 aromatic carbocycles. The molecule has 84 valence electrons. The van der Waals surface area contributed by atoms with Crippen molar-refractivity contribution in [2.45, 2.75) is 13.3 Å². The van der Waals surface area contributed by atoms with Crippen molar-refractivity contribution in [3.8, 4) is 6.07 Å². The van der Waals surface area contributed by atoms with Crippen molar-refractivity contribution < 1.29 is 0 Å². The Bertz CT molecular complexity index is 623. The predicted molar refractivity (Wildman–Crippen MR) is 70.0 cm³/mol. The summed E-state index contributed by atoms with van der Waals surface area (Å²) in [7, 11) is 0. The molecule has 0 aromatic heterocycles. The van der Waals surface area contributed by atoms with E-state index in [0.717, 1.165) is 13.0 Å². The molecular formula is C15H14N2. The highest BCUT2D eigenvalue weighted by Crippen LogP contribution is 2.34. The van der Waals surface area contributed by atoms with Gasteiger partial charge in [0.25, 0.3) is 0 Å². The fourth-order valence-electron chi connectivity index (χ4n) is 2.65. The van der Waals surface area contributed by atoms with Crippen LogP contribution in [0.3, 0.4) is 0 Å². The molecule has 17 heavy (non-hydrogen) atoms. The Morgan fingerprint density at radius 2 is 2.06 bits per heavy atom. The summed E-state index contributed by atoms with van der Waals surface area (Å²) in [5, 5.41) is 15.0. The summed E-state index contributed by atoms with van der Waals surface area (Å²) in [5.74, 6) is 0.100. The van der Waals surface area contributed by atoms with E-state index >= 15 is 0 Å². The maximum Gasteiger partial charge on any atom is 0.0677 e. The maximum absolute atomic E-state index is 9.01. The largest absolute Gasteiger partial charge is 0.383 e. The van der Waals surface area contributed by atoms with E-state index in [9.17, 15) is 0 Å². The third-order valence-electron chi connectivity index (χ3n) is 3.51. The summed E-state index contributed by atoms with van der Waals surface area (Å²) in [4.78, 5) is 0. The van der Waals surface area contributed by atoms with Gasteiger partial charge in [-0.1, -0.05) is 30.3 Å². The first-order valence-corrected chi connectivity index (χ1v) is 5.94. The van der Waals surface area contributed by atoms with Crippen LogP contribution in [-0.4, -0.2) is 6.54 Å². The van der Waals surface area contributed by atoms with Crippen LogP contribution in [0, 0.1) is 24.2 Å². The Labute approximate surface area is 101 Å². The minimum Gasteiger partial charge on any atom is -0.383 e. The molecule has 1 heterocycles. The average Bonchev–Trinajstić information content (AvgIpc) is 2.38. The highest BCUT2D eigenvalue weighted by atomic mass is 14.9. The highest BCUT2D eigenvalue weighted by molar-refractivity contribution is 5.98. The van der Waals surface area contributed by atoms with Crippen LogP contribution < -0.4 is 5.32 Å². The number of nitrogens with zero attached hydrogens (tertiary/aromatic N) is 1. The molecule has 1 unspecified atom stereocenters. The quantitative estimate of drug-likeness (QED) is 0.742. The van der Waals surface area contributed by atoms with Crippen molar-refractivity contribution >= 4 is 16.5 Å². The van der Waals surface area contributed by atoms with Crippen LogP contribution in [-0.2, 0) is 6.42 Å². The Kier molecular flexibility index (Phi) is 2.26. The molecule has 0 spiro atoms. The number of nitriles is 1. The van der Waals surface area contributed by atoms with Gasteiger partial charge >= 0.3 is 0 Å². The number of rotatable bonds is 0. The predicted octanol–water partition coefficient (Wildman–Crippen LogP) is 3.26. The van der Waals surface area contributed by atoms with Crippen molar-refractivity contribution in [2.24, 2.45) is 5.92 Å². The van der Waals surface area contributed by atoms with Crippen LogP contribution in [0.5, 0.6) is 0 Å². The van der Waals surface area contributed by atoms with Gasteiger partial charge < -0.3 is 5.32 Å². The van der Waals surface area contributed by atoms with Crippen LogP contribution in [0.1, 0.15) is 11.1 Å². The topological polar surface area (TPSA) is 35.8 Å². The zero-order valence-corrected chi connectivity index (χ0v) is 9.83. The first-order chi connectivity index (χ1) is 8.29. The summed E-state index contributed by atoms with van der Waals surface area (Å²) < 4.78 is 0. The van der Waals surface area contributed by atoms with E-state index in [4.69, 9.17) is 5.26 Å². The second kappa shape index (κ2) is 3.78. The van der Waals surface area contributed by atoms with Crippen LogP contribution in [0.4, 0.5) is 5.69 Å². The molecular weight excluding hydrogens is 208 g/mol. The maximum atomic E-state index is 9.01. The summed E-state index contributed by atoms with van der Waals surface area (Å²) in [5.41, 5.74) is 3.79. The minimum absolute atomic E-state index is 0.100. The molecule has 1 aliphatic rings. The second-order valence-corrected chi connectivity index (χ2v) is 4.68. The molecule has 0 aliphatic carbocycles. The first kappa shape index (κ1) is 10.2. The van der Waals surface area contributed by atoms with E-state index in [-0.39, 0.29) is 5.92 Å².